The summed E-state index contributed by atoms with van der Waals surface area (Å²) in [6, 6.07) is 3.89. The highest BCUT2D eigenvalue weighted by molar-refractivity contribution is 5.92. The van der Waals surface area contributed by atoms with E-state index in [1.165, 1.54) is 0 Å². The van der Waals surface area contributed by atoms with Gasteiger partial charge in [0.15, 0.2) is 5.89 Å². The van der Waals surface area contributed by atoms with Gasteiger partial charge in [-0.3, -0.25) is 9.78 Å². The number of hydrogen-bond donors (Lipinski definition) is 0. The molecule has 0 saturated carbocycles. The number of aromatic nitrogens is 2. The normalized spacial score (nSPS) is 10.5. The predicted octanol–water partition coefficient (Wildman–Crippen LogP) is 2.00. The van der Waals surface area contributed by atoms with Crippen LogP contribution in [0, 0.1) is 13.8 Å². The largest absolute Gasteiger partial charge is 0.436 e. The third-order valence-electron chi connectivity index (χ3n) is 2.93. The van der Waals surface area contributed by atoms with Gasteiger partial charge in [-0.2, -0.15) is 0 Å². The third kappa shape index (κ3) is 3.19. The molecular weight excluding hydrogens is 242 g/mol. The summed E-state index contributed by atoms with van der Waals surface area (Å²) < 4.78 is 5.34. The van der Waals surface area contributed by atoms with Crippen LogP contribution in [0.15, 0.2) is 28.9 Å². The SMILES string of the molecule is Cc1nc(C)c(C(=O)N(C)CCc2ccncc2)o1. The predicted molar refractivity (Wildman–Crippen MR) is 70.9 cm³/mol. The maximum atomic E-state index is 12.2. The number of carbonyl (C=O) groups is 1. The molecule has 1 amide bonds. The lowest BCUT2D eigenvalue weighted by atomic mass is 10.2. The lowest BCUT2D eigenvalue weighted by Gasteiger charge is -2.15. The highest BCUT2D eigenvalue weighted by Crippen LogP contribution is 2.12. The molecule has 0 atom stereocenters. The van der Waals surface area contributed by atoms with Gasteiger partial charge in [0.05, 0.1) is 5.69 Å². The first-order chi connectivity index (χ1) is 9.08. The molecule has 0 radical (unpaired) electrons. The monoisotopic (exact) mass is 259 g/mol. The molecule has 2 aromatic rings. The molecule has 0 aliphatic rings. The molecule has 0 aliphatic heterocycles. The number of carbonyl (C=O) groups excluding carboxylic acids is 1. The van der Waals surface area contributed by atoms with Crippen molar-refractivity contribution < 1.29 is 9.21 Å². The van der Waals surface area contributed by atoms with Crippen LogP contribution in [0.5, 0.6) is 0 Å². The first-order valence-corrected chi connectivity index (χ1v) is 6.16. The van der Waals surface area contributed by atoms with Crippen LogP contribution >= 0.6 is 0 Å². The molecule has 19 heavy (non-hydrogen) atoms. The van der Waals surface area contributed by atoms with Crippen molar-refractivity contribution in [2.24, 2.45) is 0 Å². The number of oxazole rings is 1. The molecule has 2 aromatic heterocycles. The Balaban J connectivity index is 1.98. The number of nitrogens with zero attached hydrogens (tertiary/aromatic N) is 3. The highest BCUT2D eigenvalue weighted by Gasteiger charge is 2.19. The molecule has 5 nitrogen and oxygen atoms in total. The highest BCUT2D eigenvalue weighted by atomic mass is 16.4. The third-order valence-corrected chi connectivity index (χ3v) is 2.93. The fourth-order valence-corrected chi connectivity index (χ4v) is 1.85. The van der Waals surface area contributed by atoms with Crippen LogP contribution in [-0.4, -0.2) is 34.4 Å². The summed E-state index contributed by atoms with van der Waals surface area (Å²) in [4.78, 5) is 21.9. The number of rotatable bonds is 4. The van der Waals surface area contributed by atoms with Crippen molar-refractivity contribution in [3.8, 4) is 0 Å². The summed E-state index contributed by atoms with van der Waals surface area (Å²) in [7, 11) is 1.76. The van der Waals surface area contributed by atoms with Gasteiger partial charge in [0.1, 0.15) is 0 Å². The fourth-order valence-electron chi connectivity index (χ4n) is 1.85. The molecular formula is C14H17N3O2. The minimum Gasteiger partial charge on any atom is -0.436 e. The molecule has 0 bridgehead atoms. The van der Waals surface area contributed by atoms with Crippen molar-refractivity contribution in [3.05, 3.63) is 47.4 Å². The second-order valence-electron chi connectivity index (χ2n) is 4.48. The first kappa shape index (κ1) is 13.3. The Morgan fingerprint density at radius 1 is 1.32 bits per heavy atom. The van der Waals surface area contributed by atoms with Crippen LogP contribution in [0.1, 0.15) is 27.7 Å². The topological polar surface area (TPSA) is 59.2 Å². The van der Waals surface area contributed by atoms with E-state index in [-0.39, 0.29) is 5.91 Å². The summed E-state index contributed by atoms with van der Waals surface area (Å²) >= 11 is 0. The Morgan fingerprint density at radius 3 is 2.58 bits per heavy atom. The van der Waals surface area contributed by atoms with Crippen LogP contribution in [0.25, 0.3) is 0 Å². The molecule has 5 heteroatoms. The average molecular weight is 259 g/mol. The van der Waals surface area contributed by atoms with Gasteiger partial charge in [0.25, 0.3) is 5.91 Å². The average Bonchev–Trinajstić information content (AvgIpc) is 2.75. The lowest BCUT2D eigenvalue weighted by molar-refractivity contribution is 0.0763. The molecule has 2 heterocycles. The lowest BCUT2D eigenvalue weighted by Crippen LogP contribution is -2.29. The molecule has 100 valence electrons. The van der Waals surface area contributed by atoms with Crippen molar-refractivity contribution in [1.29, 1.82) is 0 Å². The Hall–Kier alpha value is -2.17. The van der Waals surface area contributed by atoms with E-state index in [9.17, 15) is 4.79 Å². The molecule has 0 aliphatic carbocycles. The number of pyridine rings is 1. The molecule has 0 spiro atoms. The number of likely N-dealkylation sites (N-methyl/N-ethyl adjacent to an activating group) is 1. The Labute approximate surface area is 112 Å². The maximum Gasteiger partial charge on any atom is 0.291 e. The van der Waals surface area contributed by atoms with Crippen molar-refractivity contribution >= 4 is 5.91 Å². The standard InChI is InChI=1S/C14H17N3O2/c1-10-13(19-11(2)16-10)14(18)17(3)9-6-12-4-7-15-8-5-12/h4-5,7-8H,6,9H2,1-3H3. The van der Waals surface area contributed by atoms with Crippen molar-refractivity contribution in [1.82, 2.24) is 14.9 Å². The fraction of sp³-hybridized carbons (Fsp3) is 0.357. The second-order valence-corrected chi connectivity index (χ2v) is 4.48. The van der Waals surface area contributed by atoms with Crippen molar-refractivity contribution in [3.63, 3.8) is 0 Å². The van der Waals surface area contributed by atoms with Crippen LogP contribution in [-0.2, 0) is 6.42 Å². The minimum atomic E-state index is -0.132. The van der Waals surface area contributed by atoms with E-state index in [0.717, 1.165) is 12.0 Å². The zero-order valence-electron chi connectivity index (χ0n) is 11.4. The van der Waals surface area contributed by atoms with E-state index < -0.39 is 0 Å². The van der Waals surface area contributed by atoms with Crippen LogP contribution in [0.2, 0.25) is 0 Å². The van der Waals surface area contributed by atoms with Crippen molar-refractivity contribution in [2.75, 3.05) is 13.6 Å². The van der Waals surface area contributed by atoms with Gasteiger partial charge in [-0.25, -0.2) is 4.98 Å². The van der Waals surface area contributed by atoms with Crippen LogP contribution in [0.4, 0.5) is 0 Å². The van der Waals surface area contributed by atoms with Gasteiger partial charge < -0.3 is 9.32 Å². The van der Waals surface area contributed by atoms with E-state index in [0.29, 0.717) is 23.9 Å². The quantitative estimate of drug-likeness (QED) is 0.842. The van der Waals surface area contributed by atoms with E-state index in [4.69, 9.17) is 4.42 Å². The molecule has 2 rings (SSSR count). The van der Waals surface area contributed by atoms with Gasteiger partial charge in [0, 0.05) is 32.9 Å². The molecule has 0 unspecified atom stereocenters. The van der Waals surface area contributed by atoms with Crippen molar-refractivity contribution in [2.45, 2.75) is 20.3 Å². The first-order valence-electron chi connectivity index (χ1n) is 6.16. The Morgan fingerprint density at radius 2 is 2.00 bits per heavy atom. The molecule has 0 saturated heterocycles. The van der Waals surface area contributed by atoms with Crippen LogP contribution in [0.3, 0.4) is 0 Å². The summed E-state index contributed by atoms with van der Waals surface area (Å²) in [5, 5.41) is 0. The second kappa shape index (κ2) is 5.65. The minimum absolute atomic E-state index is 0.132. The zero-order valence-corrected chi connectivity index (χ0v) is 11.4. The molecule has 0 N–H and O–H groups in total. The summed E-state index contributed by atoms with van der Waals surface area (Å²) in [6.07, 6.45) is 4.29. The summed E-state index contributed by atoms with van der Waals surface area (Å²) in [5.41, 5.74) is 1.79. The van der Waals surface area contributed by atoms with Gasteiger partial charge in [-0.15, -0.1) is 0 Å². The van der Waals surface area contributed by atoms with Gasteiger partial charge in [-0.05, 0) is 31.0 Å². The smallest absolute Gasteiger partial charge is 0.291 e. The number of amides is 1. The van der Waals surface area contributed by atoms with E-state index in [1.807, 2.05) is 12.1 Å². The van der Waals surface area contributed by atoms with E-state index in [2.05, 4.69) is 9.97 Å². The van der Waals surface area contributed by atoms with E-state index >= 15 is 0 Å². The molecule has 0 fully saturated rings. The zero-order chi connectivity index (χ0) is 13.8. The number of hydrogen-bond acceptors (Lipinski definition) is 4. The molecule has 0 aromatic carbocycles. The van der Waals surface area contributed by atoms with Crippen LogP contribution < -0.4 is 0 Å². The van der Waals surface area contributed by atoms with Gasteiger partial charge in [0.2, 0.25) is 5.76 Å². The Bertz CT molecular complexity index is 563. The summed E-state index contributed by atoms with van der Waals surface area (Å²) in [6.45, 7) is 4.14. The Kier molecular flexibility index (Phi) is 3.94. The number of aryl methyl sites for hydroxylation is 2. The summed E-state index contributed by atoms with van der Waals surface area (Å²) in [5.74, 6) is 0.713. The van der Waals surface area contributed by atoms with E-state index in [1.54, 1.807) is 38.2 Å². The van der Waals surface area contributed by atoms with Gasteiger partial charge in [-0.1, -0.05) is 0 Å². The van der Waals surface area contributed by atoms with Gasteiger partial charge >= 0.3 is 0 Å². The maximum absolute atomic E-state index is 12.2.